The van der Waals surface area contributed by atoms with Crippen molar-refractivity contribution in [1.29, 1.82) is 0 Å². The molecule has 0 atom stereocenters. The molecule has 0 saturated carbocycles. The van der Waals surface area contributed by atoms with Crippen LogP contribution in [0.4, 0.5) is 5.69 Å². The molecule has 166 valence electrons. The van der Waals surface area contributed by atoms with E-state index in [9.17, 15) is 9.59 Å². The Morgan fingerprint density at radius 3 is 2.56 bits per heavy atom. The predicted octanol–water partition coefficient (Wildman–Crippen LogP) is 3.83. The molecule has 3 aromatic rings. The minimum atomic E-state index is -0.335. The molecule has 1 aromatic heterocycles. The van der Waals surface area contributed by atoms with Crippen LogP contribution in [-0.4, -0.2) is 42.3 Å². The molecular formula is C24H25N3O5. The summed E-state index contributed by atoms with van der Waals surface area (Å²) >= 11 is 0. The second kappa shape index (κ2) is 10.8. The van der Waals surface area contributed by atoms with Crippen molar-refractivity contribution in [2.24, 2.45) is 0 Å². The molecule has 0 aliphatic heterocycles. The van der Waals surface area contributed by atoms with Gasteiger partial charge in [-0.05, 0) is 48.9 Å². The Morgan fingerprint density at radius 2 is 1.81 bits per heavy atom. The number of benzene rings is 2. The van der Waals surface area contributed by atoms with Crippen molar-refractivity contribution in [3.8, 4) is 17.2 Å². The van der Waals surface area contributed by atoms with Gasteiger partial charge in [-0.2, -0.15) is 5.10 Å². The van der Waals surface area contributed by atoms with Gasteiger partial charge in [-0.1, -0.05) is 24.3 Å². The fraction of sp³-hybridized carbons (Fsp3) is 0.208. The number of ketones is 1. The second-order valence-electron chi connectivity index (χ2n) is 6.68. The largest absolute Gasteiger partial charge is 0.495 e. The number of para-hydroxylation sites is 2. The predicted molar refractivity (Wildman–Crippen MR) is 121 cm³/mol. The summed E-state index contributed by atoms with van der Waals surface area (Å²) in [5.74, 6) is 0.944. The van der Waals surface area contributed by atoms with E-state index in [1.807, 2.05) is 13.0 Å². The number of amides is 1. The molecule has 0 saturated heterocycles. The van der Waals surface area contributed by atoms with Gasteiger partial charge < -0.3 is 19.5 Å². The molecule has 8 nitrogen and oxygen atoms in total. The maximum Gasteiger partial charge on any atom is 0.262 e. The summed E-state index contributed by atoms with van der Waals surface area (Å²) in [4.78, 5) is 24.7. The first kappa shape index (κ1) is 22.6. The van der Waals surface area contributed by atoms with Crippen LogP contribution in [0.25, 0.3) is 6.08 Å². The summed E-state index contributed by atoms with van der Waals surface area (Å²) in [5, 5.41) is 6.86. The lowest BCUT2D eigenvalue weighted by Gasteiger charge is -2.13. The summed E-state index contributed by atoms with van der Waals surface area (Å²) in [6.07, 6.45) is 4.78. The van der Waals surface area contributed by atoms with E-state index >= 15 is 0 Å². The van der Waals surface area contributed by atoms with Crippen LogP contribution in [0.1, 0.15) is 23.0 Å². The summed E-state index contributed by atoms with van der Waals surface area (Å²) < 4.78 is 17.9. The lowest BCUT2D eigenvalue weighted by Crippen LogP contribution is -2.20. The highest BCUT2D eigenvalue weighted by Crippen LogP contribution is 2.29. The third-order valence-electron chi connectivity index (χ3n) is 4.62. The zero-order valence-electron chi connectivity index (χ0n) is 18.2. The van der Waals surface area contributed by atoms with Crippen molar-refractivity contribution in [2.75, 3.05) is 26.1 Å². The fourth-order valence-corrected chi connectivity index (χ4v) is 3.04. The maximum absolute atomic E-state index is 12.4. The van der Waals surface area contributed by atoms with Crippen molar-refractivity contribution < 1.29 is 23.8 Å². The Hall–Kier alpha value is -4.07. The summed E-state index contributed by atoms with van der Waals surface area (Å²) in [6, 6.07) is 14.0. The van der Waals surface area contributed by atoms with Crippen LogP contribution in [0.15, 0.2) is 60.8 Å². The van der Waals surface area contributed by atoms with Crippen LogP contribution < -0.4 is 19.5 Å². The van der Waals surface area contributed by atoms with Gasteiger partial charge in [-0.3, -0.25) is 14.3 Å². The Morgan fingerprint density at radius 1 is 1.03 bits per heavy atom. The third-order valence-corrected chi connectivity index (χ3v) is 4.62. The number of aromatic nitrogens is 2. The van der Waals surface area contributed by atoms with Gasteiger partial charge in [-0.25, -0.2) is 0 Å². The van der Waals surface area contributed by atoms with Crippen LogP contribution in [0, 0.1) is 0 Å². The summed E-state index contributed by atoms with van der Waals surface area (Å²) in [5.41, 5.74) is 1.84. The molecule has 0 fully saturated rings. The van der Waals surface area contributed by atoms with E-state index in [1.54, 1.807) is 59.4 Å². The molecule has 0 aliphatic rings. The number of anilines is 1. The highest BCUT2D eigenvalue weighted by atomic mass is 16.5. The van der Waals surface area contributed by atoms with Gasteiger partial charge in [0.25, 0.3) is 5.91 Å². The van der Waals surface area contributed by atoms with Crippen LogP contribution in [0.2, 0.25) is 0 Å². The van der Waals surface area contributed by atoms with Crippen molar-refractivity contribution in [3.05, 3.63) is 72.1 Å². The molecule has 1 amide bonds. The van der Waals surface area contributed by atoms with E-state index in [4.69, 9.17) is 14.2 Å². The van der Waals surface area contributed by atoms with E-state index < -0.39 is 0 Å². The number of ether oxygens (including phenoxy) is 3. The zero-order valence-corrected chi connectivity index (χ0v) is 18.2. The second-order valence-corrected chi connectivity index (χ2v) is 6.68. The Labute approximate surface area is 186 Å². The van der Waals surface area contributed by atoms with E-state index in [2.05, 4.69) is 10.4 Å². The topological polar surface area (TPSA) is 91.7 Å². The fourth-order valence-electron chi connectivity index (χ4n) is 3.04. The number of hydrogen-bond donors (Lipinski definition) is 1. The van der Waals surface area contributed by atoms with Crippen LogP contribution in [0.5, 0.6) is 17.2 Å². The molecule has 8 heteroatoms. The van der Waals surface area contributed by atoms with Crippen LogP contribution >= 0.6 is 0 Å². The maximum atomic E-state index is 12.4. The van der Waals surface area contributed by atoms with E-state index in [1.165, 1.54) is 20.3 Å². The average molecular weight is 435 g/mol. The first-order valence-corrected chi connectivity index (χ1v) is 10.0. The van der Waals surface area contributed by atoms with Gasteiger partial charge in [0.05, 0.1) is 19.9 Å². The van der Waals surface area contributed by atoms with E-state index in [0.29, 0.717) is 35.2 Å². The quantitative estimate of drug-likeness (QED) is 0.384. The smallest absolute Gasteiger partial charge is 0.262 e. The van der Waals surface area contributed by atoms with Crippen molar-refractivity contribution >= 4 is 23.5 Å². The van der Waals surface area contributed by atoms with Gasteiger partial charge in [-0.15, -0.1) is 0 Å². The summed E-state index contributed by atoms with van der Waals surface area (Å²) in [6.45, 7) is 2.34. The van der Waals surface area contributed by atoms with E-state index in [0.717, 1.165) is 5.56 Å². The number of hydrogen-bond acceptors (Lipinski definition) is 6. The third kappa shape index (κ3) is 5.54. The molecule has 0 spiro atoms. The first-order valence-electron chi connectivity index (χ1n) is 10.0. The first-order chi connectivity index (χ1) is 15.5. The Balaban J connectivity index is 1.63. The molecule has 0 radical (unpaired) electrons. The molecule has 0 bridgehead atoms. The van der Waals surface area contributed by atoms with Gasteiger partial charge in [0.1, 0.15) is 11.4 Å². The number of rotatable bonds is 10. The standard InChI is InChI=1S/C24H25N3O5/c1-4-27-19(13-14-25-27)20(28)11-9-17-10-12-22(23(15-17)31-3)32-16-24(29)26-18-7-5-6-8-21(18)30-2/h5-15H,4,16H2,1-3H3,(H,26,29)/b11-9+. The van der Waals surface area contributed by atoms with E-state index in [-0.39, 0.29) is 18.3 Å². The molecule has 2 aromatic carbocycles. The number of aryl methyl sites for hydroxylation is 1. The number of carbonyl (C=O) groups excluding carboxylic acids is 2. The highest BCUT2D eigenvalue weighted by molar-refractivity contribution is 6.05. The minimum Gasteiger partial charge on any atom is -0.495 e. The van der Waals surface area contributed by atoms with Crippen molar-refractivity contribution in [2.45, 2.75) is 13.5 Å². The van der Waals surface area contributed by atoms with Gasteiger partial charge in [0, 0.05) is 12.7 Å². The minimum absolute atomic E-state index is 0.142. The molecule has 32 heavy (non-hydrogen) atoms. The Kier molecular flexibility index (Phi) is 7.64. The van der Waals surface area contributed by atoms with Gasteiger partial charge in [0.2, 0.25) is 5.78 Å². The van der Waals surface area contributed by atoms with Gasteiger partial charge in [0.15, 0.2) is 18.1 Å². The lowest BCUT2D eigenvalue weighted by molar-refractivity contribution is -0.118. The average Bonchev–Trinajstić information content (AvgIpc) is 3.31. The molecule has 0 unspecified atom stereocenters. The number of methoxy groups -OCH3 is 2. The SMILES string of the molecule is CCn1nccc1C(=O)/C=C/c1ccc(OCC(=O)Nc2ccccc2OC)c(OC)c1. The number of nitrogens with zero attached hydrogens (tertiary/aromatic N) is 2. The van der Waals surface area contributed by atoms with Crippen LogP contribution in [0.3, 0.4) is 0 Å². The Bertz CT molecular complexity index is 1120. The normalized spacial score (nSPS) is 10.7. The molecular weight excluding hydrogens is 410 g/mol. The molecule has 0 aliphatic carbocycles. The highest BCUT2D eigenvalue weighted by Gasteiger charge is 2.11. The lowest BCUT2D eigenvalue weighted by atomic mass is 10.1. The number of nitrogens with one attached hydrogen (secondary N) is 1. The molecule has 1 heterocycles. The summed E-state index contributed by atoms with van der Waals surface area (Å²) in [7, 11) is 3.05. The molecule has 3 rings (SSSR count). The molecule has 1 N–H and O–H groups in total. The number of carbonyl (C=O) groups is 2. The van der Waals surface area contributed by atoms with Crippen LogP contribution in [-0.2, 0) is 11.3 Å². The van der Waals surface area contributed by atoms with Gasteiger partial charge >= 0.3 is 0 Å². The van der Waals surface area contributed by atoms with Crippen molar-refractivity contribution in [1.82, 2.24) is 9.78 Å². The monoisotopic (exact) mass is 435 g/mol. The van der Waals surface area contributed by atoms with Crippen molar-refractivity contribution in [3.63, 3.8) is 0 Å². The zero-order chi connectivity index (χ0) is 22.9. The number of allylic oxidation sites excluding steroid dienone is 1.